The first-order chi connectivity index (χ1) is 21.2. The molecule has 0 bridgehead atoms. The van der Waals surface area contributed by atoms with Gasteiger partial charge in [-0.25, -0.2) is 4.39 Å². The number of phenolic OH excluding ortho intramolecular Hbond substituents is 1. The summed E-state index contributed by atoms with van der Waals surface area (Å²) in [6.45, 7) is 4.06. The molecule has 224 valence electrons. The first-order valence-electron chi connectivity index (χ1n) is 15.3. The smallest absolute Gasteiger partial charge is 0.238 e. The summed E-state index contributed by atoms with van der Waals surface area (Å²) in [6.07, 6.45) is 4.13. The van der Waals surface area contributed by atoms with Gasteiger partial charge in [-0.05, 0) is 84.7 Å². The zero-order valence-electron chi connectivity index (χ0n) is 24.6. The minimum absolute atomic E-state index is 0.241. The minimum Gasteiger partial charge on any atom is -0.505 e. The largest absolute Gasteiger partial charge is 0.505 e. The second-order valence-corrected chi connectivity index (χ2v) is 12.3. The number of hydrogen-bond donors (Lipinski definition) is 1. The molecule has 44 heavy (non-hydrogen) atoms. The van der Waals surface area contributed by atoms with Crippen LogP contribution in [-0.2, 0) is 32.0 Å². The van der Waals surface area contributed by atoms with Gasteiger partial charge in [-0.3, -0.25) is 29.0 Å². The van der Waals surface area contributed by atoms with Gasteiger partial charge >= 0.3 is 0 Å². The number of amides is 4. The number of allylic oxidation sites excluding steroid dienone is 2. The summed E-state index contributed by atoms with van der Waals surface area (Å²) in [5.74, 6) is -6.62. The molecule has 8 heteroatoms. The highest BCUT2D eigenvalue weighted by atomic mass is 19.1. The Hall–Kier alpha value is -4.59. The van der Waals surface area contributed by atoms with E-state index in [-0.39, 0.29) is 30.0 Å². The lowest BCUT2D eigenvalue weighted by Gasteiger charge is -2.44. The molecule has 3 aromatic rings. The van der Waals surface area contributed by atoms with Gasteiger partial charge in [-0.2, -0.15) is 0 Å². The van der Waals surface area contributed by atoms with Crippen LogP contribution in [0.4, 0.5) is 15.8 Å². The summed E-state index contributed by atoms with van der Waals surface area (Å²) in [7, 11) is 0. The monoisotopic (exact) mass is 592 g/mol. The van der Waals surface area contributed by atoms with Crippen molar-refractivity contribution in [1.29, 1.82) is 0 Å². The second-order valence-electron chi connectivity index (χ2n) is 12.3. The van der Waals surface area contributed by atoms with Gasteiger partial charge in [0.2, 0.25) is 23.6 Å². The number of aryl methyl sites for hydroxylation is 2. The van der Waals surface area contributed by atoms with Crippen LogP contribution in [0, 0.1) is 35.4 Å². The highest BCUT2D eigenvalue weighted by Crippen LogP contribution is 2.58. The lowest BCUT2D eigenvalue weighted by Crippen LogP contribution is -2.43. The predicted octanol–water partition coefficient (Wildman–Crippen LogP) is 5.70. The van der Waals surface area contributed by atoms with Gasteiger partial charge in [0.15, 0.2) is 11.6 Å². The van der Waals surface area contributed by atoms with Crippen LogP contribution >= 0.6 is 0 Å². The first-order valence-corrected chi connectivity index (χ1v) is 15.3. The highest BCUT2D eigenvalue weighted by Gasteiger charge is 2.62. The van der Waals surface area contributed by atoms with Crippen LogP contribution in [0.25, 0.3) is 0 Å². The average Bonchev–Trinajstić information content (AvgIpc) is 3.45. The Kier molecular flexibility index (Phi) is 6.76. The number of halogens is 1. The van der Waals surface area contributed by atoms with Gasteiger partial charge in [0, 0.05) is 5.92 Å². The molecule has 1 N–H and O–H groups in total. The second kappa shape index (κ2) is 10.5. The van der Waals surface area contributed by atoms with Crippen LogP contribution < -0.4 is 9.80 Å². The van der Waals surface area contributed by atoms with Crippen LogP contribution in [0.2, 0.25) is 0 Å². The number of anilines is 2. The number of aromatic hydroxyl groups is 1. The summed E-state index contributed by atoms with van der Waals surface area (Å²) in [5.41, 5.74) is 4.40. The number of imide groups is 2. The molecule has 3 aromatic carbocycles. The van der Waals surface area contributed by atoms with E-state index in [0.717, 1.165) is 29.5 Å². The fraction of sp³-hybridized carbons (Fsp3) is 0.333. The first kappa shape index (κ1) is 28.2. The van der Waals surface area contributed by atoms with E-state index in [0.29, 0.717) is 23.4 Å². The molecule has 4 amide bonds. The molecule has 2 aliphatic heterocycles. The molecule has 2 aliphatic carbocycles. The third-order valence-electron chi connectivity index (χ3n) is 10.2. The molecule has 3 fully saturated rings. The Morgan fingerprint density at radius 3 is 1.80 bits per heavy atom. The summed E-state index contributed by atoms with van der Waals surface area (Å²) >= 11 is 0. The quantitative estimate of drug-likeness (QED) is 0.303. The summed E-state index contributed by atoms with van der Waals surface area (Å²) in [6, 6.07) is 18.8. The van der Waals surface area contributed by atoms with E-state index >= 15 is 0 Å². The lowest BCUT2D eigenvalue weighted by atomic mass is 9.57. The van der Waals surface area contributed by atoms with Crippen molar-refractivity contribution in [1.82, 2.24) is 0 Å². The molecule has 6 unspecified atom stereocenters. The molecule has 0 aromatic heterocycles. The van der Waals surface area contributed by atoms with E-state index in [1.807, 2.05) is 44.2 Å². The van der Waals surface area contributed by atoms with Gasteiger partial charge in [-0.1, -0.05) is 55.8 Å². The molecule has 7 rings (SSSR count). The normalized spacial score (nSPS) is 27.8. The Labute approximate surface area is 255 Å². The number of rotatable bonds is 5. The molecule has 6 atom stereocenters. The van der Waals surface area contributed by atoms with Crippen molar-refractivity contribution in [3.8, 4) is 5.75 Å². The van der Waals surface area contributed by atoms with Crippen molar-refractivity contribution in [2.24, 2.45) is 29.6 Å². The van der Waals surface area contributed by atoms with E-state index in [9.17, 15) is 28.7 Å². The average molecular weight is 593 g/mol. The fourth-order valence-corrected chi connectivity index (χ4v) is 7.95. The zero-order chi connectivity index (χ0) is 30.9. The SMILES string of the molecule is CCc1ccc(N2C(=O)C3CC=C4C(CC5C(=O)N(c6ccc(CC)cc6)C(=O)C5C4c4ccc(O)c(F)c4)C3C2=O)cc1. The van der Waals surface area contributed by atoms with E-state index in [4.69, 9.17) is 0 Å². The van der Waals surface area contributed by atoms with E-state index in [1.165, 1.54) is 21.9 Å². The highest BCUT2D eigenvalue weighted by molar-refractivity contribution is 6.24. The number of fused-ring (bicyclic) bond motifs is 4. The maximum atomic E-state index is 14.8. The van der Waals surface area contributed by atoms with Crippen molar-refractivity contribution in [3.05, 3.63) is 101 Å². The molecule has 2 heterocycles. The number of benzene rings is 3. The lowest BCUT2D eigenvalue weighted by molar-refractivity contribution is -0.126. The number of carbonyl (C=O) groups excluding carboxylic acids is 4. The van der Waals surface area contributed by atoms with Crippen LogP contribution in [0.15, 0.2) is 78.4 Å². The van der Waals surface area contributed by atoms with Crippen LogP contribution in [0.5, 0.6) is 5.75 Å². The Balaban J connectivity index is 1.31. The molecule has 7 nitrogen and oxygen atoms in total. The molecular weight excluding hydrogens is 559 g/mol. The minimum atomic E-state index is -0.826. The van der Waals surface area contributed by atoms with E-state index < -0.39 is 47.1 Å². The third-order valence-corrected chi connectivity index (χ3v) is 10.2. The number of nitrogens with zero attached hydrogens (tertiary/aromatic N) is 2. The molecule has 1 saturated carbocycles. The van der Waals surface area contributed by atoms with Gasteiger partial charge in [0.25, 0.3) is 0 Å². The van der Waals surface area contributed by atoms with Crippen LogP contribution in [0.3, 0.4) is 0 Å². The number of carbonyl (C=O) groups is 4. The van der Waals surface area contributed by atoms with Crippen molar-refractivity contribution >= 4 is 35.0 Å². The summed E-state index contributed by atoms with van der Waals surface area (Å²) in [5, 5.41) is 9.94. The summed E-state index contributed by atoms with van der Waals surface area (Å²) in [4.78, 5) is 58.6. The maximum Gasteiger partial charge on any atom is 0.238 e. The number of phenols is 1. The fourth-order valence-electron chi connectivity index (χ4n) is 7.95. The van der Waals surface area contributed by atoms with Gasteiger partial charge in [0.1, 0.15) is 0 Å². The van der Waals surface area contributed by atoms with Crippen LogP contribution in [-0.4, -0.2) is 28.7 Å². The molecule has 4 aliphatic rings. The van der Waals surface area contributed by atoms with Crippen molar-refractivity contribution < 1.29 is 28.7 Å². The predicted molar refractivity (Wildman–Crippen MR) is 162 cm³/mol. The molecule has 0 radical (unpaired) electrons. The van der Waals surface area contributed by atoms with Crippen molar-refractivity contribution in [2.45, 2.75) is 45.4 Å². The van der Waals surface area contributed by atoms with Crippen molar-refractivity contribution in [2.75, 3.05) is 9.80 Å². The maximum absolute atomic E-state index is 14.8. The van der Waals surface area contributed by atoms with E-state index in [2.05, 4.69) is 0 Å². The van der Waals surface area contributed by atoms with Crippen molar-refractivity contribution in [3.63, 3.8) is 0 Å². The van der Waals surface area contributed by atoms with E-state index in [1.54, 1.807) is 30.3 Å². The van der Waals surface area contributed by atoms with Gasteiger partial charge < -0.3 is 5.11 Å². The Morgan fingerprint density at radius 1 is 0.705 bits per heavy atom. The van der Waals surface area contributed by atoms with Gasteiger partial charge in [0.05, 0.1) is 35.0 Å². The van der Waals surface area contributed by atoms with Crippen LogP contribution in [0.1, 0.15) is 49.3 Å². The summed E-state index contributed by atoms with van der Waals surface area (Å²) < 4.78 is 14.8. The Morgan fingerprint density at radius 2 is 1.25 bits per heavy atom. The molecule has 2 saturated heterocycles. The molecule has 0 spiro atoms. The molecular formula is C36H33FN2O5. The Bertz CT molecular complexity index is 1730. The third kappa shape index (κ3) is 4.14. The zero-order valence-corrected chi connectivity index (χ0v) is 24.6. The standard InChI is InChI=1S/C36H33FN2O5/c1-3-19-5-10-22(11-6-19)38-33(41)25-15-14-24-26(31(25)35(38)43)18-27-32(30(24)21-9-16-29(40)28(37)17-21)36(44)39(34(27)42)23-12-7-20(4-2)8-13-23/h5-14,16-17,25-27,30-32,40H,3-4,15,18H2,1-2H3. The number of hydrogen-bond acceptors (Lipinski definition) is 5. The topological polar surface area (TPSA) is 95.0 Å². The van der Waals surface area contributed by atoms with Gasteiger partial charge in [-0.15, -0.1) is 0 Å².